The molecule has 2 aromatic carbocycles. The van der Waals surface area contributed by atoms with Crippen molar-refractivity contribution < 1.29 is 29.6 Å². The van der Waals surface area contributed by atoms with Gasteiger partial charge in [-0.15, -0.1) is 0 Å². The average Bonchev–Trinajstić information content (AvgIpc) is 3.43. The van der Waals surface area contributed by atoms with E-state index in [1.807, 2.05) is 12.1 Å². The molecule has 0 saturated carbocycles. The standard InChI is InChI=1S/C29H41N3O4.C2H4O2/c1-22-20-24(33)21-26(34)27(22)29(35)32-16-10-8-6-4-2-3-5-7-9-11-19-36-25-14-12-23(13-15-25)28-30-17-18-31-28;1-2(3)4/h12-15,20-21,33-34H,2-11,16-19H2,1H3,(H,30,31)(H,32,35);1H3,(H,3,4). The summed E-state index contributed by atoms with van der Waals surface area (Å²) in [5.41, 5.74) is 1.92. The van der Waals surface area contributed by atoms with Gasteiger partial charge in [0.1, 0.15) is 23.1 Å². The molecule has 40 heavy (non-hydrogen) atoms. The number of aryl methyl sites for hydroxylation is 1. The highest BCUT2D eigenvalue weighted by Gasteiger charge is 2.15. The van der Waals surface area contributed by atoms with E-state index >= 15 is 0 Å². The summed E-state index contributed by atoms with van der Waals surface area (Å²) in [6.07, 6.45) is 11.8. The fraction of sp³-hybridized carbons (Fsp3) is 0.516. The van der Waals surface area contributed by atoms with Crippen LogP contribution in [-0.2, 0) is 4.79 Å². The quantitative estimate of drug-likeness (QED) is 0.171. The van der Waals surface area contributed by atoms with E-state index in [0.717, 1.165) is 63.0 Å². The Morgan fingerprint density at radius 3 is 2.05 bits per heavy atom. The van der Waals surface area contributed by atoms with Gasteiger partial charge in [0.15, 0.2) is 0 Å². The van der Waals surface area contributed by atoms with Crippen LogP contribution in [0.3, 0.4) is 0 Å². The molecule has 220 valence electrons. The lowest BCUT2D eigenvalue weighted by Gasteiger charge is -2.10. The van der Waals surface area contributed by atoms with E-state index in [0.29, 0.717) is 12.1 Å². The van der Waals surface area contributed by atoms with Crippen LogP contribution in [0.5, 0.6) is 17.2 Å². The largest absolute Gasteiger partial charge is 0.508 e. The molecule has 5 N–H and O–H groups in total. The zero-order chi connectivity index (χ0) is 29.2. The number of amidine groups is 1. The highest BCUT2D eigenvalue weighted by atomic mass is 16.5. The lowest BCUT2D eigenvalue weighted by Crippen LogP contribution is -2.25. The zero-order valence-electron chi connectivity index (χ0n) is 23.9. The summed E-state index contributed by atoms with van der Waals surface area (Å²) in [5.74, 6) is 0.553. The summed E-state index contributed by atoms with van der Waals surface area (Å²) in [7, 11) is 0. The van der Waals surface area contributed by atoms with E-state index in [2.05, 4.69) is 27.8 Å². The van der Waals surface area contributed by atoms with Crippen LogP contribution < -0.4 is 15.4 Å². The minimum absolute atomic E-state index is 0.0407. The van der Waals surface area contributed by atoms with E-state index in [-0.39, 0.29) is 23.0 Å². The van der Waals surface area contributed by atoms with Crippen molar-refractivity contribution in [2.75, 3.05) is 26.2 Å². The average molecular weight is 556 g/mol. The summed E-state index contributed by atoms with van der Waals surface area (Å²) in [4.78, 5) is 25.7. The number of phenols is 2. The van der Waals surface area contributed by atoms with Crippen molar-refractivity contribution in [3.63, 3.8) is 0 Å². The number of hydrogen-bond acceptors (Lipinski definition) is 7. The Hall–Kier alpha value is -3.75. The van der Waals surface area contributed by atoms with E-state index < -0.39 is 5.97 Å². The number of amides is 1. The van der Waals surface area contributed by atoms with Crippen LogP contribution in [0.25, 0.3) is 0 Å². The lowest BCUT2D eigenvalue weighted by molar-refractivity contribution is -0.134. The summed E-state index contributed by atoms with van der Waals surface area (Å²) in [6, 6.07) is 10.8. The summed E-state index contributed by atoms with van der Waals surface area (Å²) < 4.78 is 5.86. The molecule has 0 aromatic heterocycles. The van der Waals surface area contributed by atoms with Gasteiger partial charge in [0.25, 0.3) is 11.9 Å². The molecule has 0 bridgehead atoms. The van der Waals surface area contributed by atoms with Crippen molar-refractivity contribution in [1.29, 1.82) is 0 Å². The van der Waals surface area contributed by atoms with Gasteiger partial charge >= 0.3 is 0 Å². The third-order valence-corrected chi connectivity index (χ3v) is 6.45. The van der Waals surface area contributed by atoms with Gasteiger partial charge in [-0.2, -0.15) is 0 Å². The fourth-order valence-corrected chi connectivity index (χ4v) is 4.47. The molecule has 9 heteroatoms. The Morgan fingerprint density at radius 1 is 0.925 bits per heavy atom. The molecule has 0 saturated heterocycles. The Bertz CT molecular complexity index is 1060. The monoisotopic (exact) mass is 555 g/mol. The maximum Gasteiger partial charge on any atom is 0.300 e. The van der Waals surface area contributed by atoms with Crippen molar-refractivity contribution in [2.45, 2.75) is 78.1 Å². The molecular formula is C31H45N3O6. The molecule has 1 aliphatic rings. The van der Waals surface area contributed by atoms with E-state index in [1.165, 1.54) is 57.1 Å². The maximum absolute atomic E-state index is 12.3. The highest BCUT2D eigenvalue weighted by Crippen LogP contribution is 2.26. The molecule has 1 aliphatic heterocycles. The first-order valence-electron chi connectivity index (χ1n) is 14.3. The second-order valence-corrected chi connectivity index (χ2v) is 10.00. The molecule has 9 nitrogen and oxygen atoms in total. The Morgan fingerprint density at radius 2 is 1.50 bits per heavy atom. The van der Waals surface area contributed by atoms with Gasteiger partial charge in [0.05, 0.1) is 18.7 Å². The smallest absolute Gasteiger partial charge is 0.300 e. The molecular weight excluding hydrogens is 510 g/mol. The number of carbonyl (C=O) groups is 2. The number of carboxylic acids is 1. The minimum atomic E-state index is -0.833. The fourth-order valence-electron chi connectivity index (χ4n) is 4.47. The van der Waals surface area contributed by atoms with Crippen LogP contribution in [-0.4, -0.2) is 59.3 Å². The maximum atomic E-state index is 12.3. The third kappa shape index (κ3) is 12.9. The van der Waals surface area contributed by atoms with Crippen molar-refractivity contribution >= 4 is 17.7 Å². The molecule has 0 atom stereocenters. The number of hydrogen-bond donors (Lipinski definition) is 5. The summed E-state index contributed by atoms with van der Waals surface area (Å²) in [5, 5.41) is 32.9. The predicted octanol–water partition coefficient (Wildman–Crippen LogP) is 5.56. The van der Waals surface area contributed by atoms with Crippen LogP contribution >= 0.6 is 0 Å². The number of ether oxygens (including phenoxy) is 1. The number of rotatable bonds is 16. The van der Waals surface area contributed by atoms with Crippen LogP contribution in [0.1, 0.15) is 92.6 Å². The second kappa shape index (κ2) is 18.5. The number of carboxylic acid groups (broad SMARTS) is 1. The molecule has 1 amide bonds. The van der Waals surface area contributed by atoms with E-state index in [4.69, 9.17) is 14.6 Å². The number of aliphatic carboxylic acids is 1. The minimum Gasteiger partial charge on any atom is -0.508 e. The molecule has 3 rings (SSSR count). The van der Waals surface area contributed by atoms with Gasteiger partial charge < -0.3 is 30.7 Å². The number of nitrogens with one attached hydrogen (secondary N) is 2. The number of carbonyl (C=O) groups excluding carboxylic acids is 1. The first kappa shape index (κ1) is 32.5. The molecule has 2 aromatic rings. The van der Waals surface area contributed by atoms with Crippen molar-refractivity contribution in [3.8, 4) is 17.2 Å². The van der Waals surface area contributed by atoms with E-state index in [9.17, 15) is 15.0 Å². The number of phenolic OH excluding ortho intramolecular Hbond substituents is 2. The lowest BCUT2D eigenvalue weighted by atomic mass is 10.1. The summed E-state index contributed by atoms with van der Waals surface area (Å²) in [6.45, 7) is 5.92. The zero-order valence-corrected chi connectivity index (χ0v) is 23.9. The van der Waals surface area contributed by atoms with Gasteiger partial charge in [0.2, 0.25) is 0 Å². The molecule has 0 fully saturated rings. The van der Waals surface area contributed by atoms with Crippen LogP contribution in [0.2, 0.25) is 0 Å². The number of benzene rings is 2. The first-order chi connectivity index (χ1) is 19.3. The molecule has 0 aliphatic carbocycles. The van der Waals surface area contributed by atoms with E-state index in [1.54, 1.807) is 6.92 Å². The number of nitrogens with zero attached hydrogens (tertiary/aromatic N) is 1. The topological polar surface area (TPSA) is 140 Å². The molecule has 1 heterocycles. The van der Waals surface area contributed by atoms with Crippen LogP contribution in [0.4, 0.5) is 0 Å². The van der Waals surface area contributed by atoms with Crippen molar-refractivity contribution in [2.24, 2.45) is 4.99 Å². The molecule has 0 spiro atoms. The highest BCUT2D eigenvalue weighted by molar-refractivity contribution is 6.00. The van der Waals surface area contributed by atoms with Crippen molar-refractivity contribution in [3.05, 3.63) is 53.1 Å². The number of aliphatic imine (C=N–C) groups is 1. The Kier molecular flexibility index (Phi) is 15.0. The normalized spacial score (nSPS) is 12.1. The summed E-state index contributed by atoms with van der Waals surface area (Å²) >= 11 is 0. The van der Waals surface area contributed by atoms with Gasteiger partial charge in [-0.25, -0.2) is 0 Å². The van der Waals surface area contributed by atoms with Crippen LogP contribution in [0.15, 0.2) is 41.4 Å². The van der Waals surface area contributed by atoms with Gasteiger partial charge in [0, 0.05) is 31.6 Å². The first-order valence-corrected chi connectivity index (χ1v) is 14.3. The molecule has 0 unspecified atom stereocenters. The van der Waals surface area contributed by atoms with Crippen molar-refractivity contribution in [1.82, 2.24) is 10.6 Å². The number of aromatic hydroxyl groups is 2. The molecule has 0 radical (unpaired) electrons. The van der Waals surface area contributed by atoms with Gasteiger partial charge in [-0.1, -0.05) is 51.4 Å². The second-order valence-electron chi connectivity index (χ2n) is 10.00. The number of unbranched alkanes of at least 4 members (excludes halogenated alkanes) is 9. The Labute approximate surface area is 237 Å². The SMILES string of the molecule is CC(=O)O.Cc1cc(O)cc(O)c1C(=O)NCCCCCCCCCCCCOc1ccc(C2=NCCN2)cc1. The van der Waals surface area contributed by atoms with Gasteiger partial charge in [-0.3, -0.25) is 14.6 Å². The van der Waals surface area contributed by atoms with Crippen LogP contribution in [0, 0.1) is 6.92 Å². The Balaban J connectivity index is 0.00000131. The predicted molar refractivity (Wildman–Crippen MR) is 158 cm³/mol. The van der Waals surface area contributed by atoms with Gasteiger partial charge in [-0.05, 0) is 55.7 Å². The third-order valence-electron chi connectivity index (χ3n) is 6.45.